The minimum Gasteiger partial charge on any atom is -0.502 e. The van der Waals surface area contributed by atoms with Crippen molar-refractivity contribution in [3.63, 3.8) is 0 Å². The van der Waals surface area contributed by atoms with Gasteiger partial charge in [-0.3, -0.25) is 19.3 Å². The molecule has 1 amide bonds. The lowest BCUT2D eigenvalue weighted by Gasteiger charge is -2.39. The number of ether oxygens (including phenoxy) is 1. The number of carbonyl (C=O) groups excluding carboxylic acids is 1. The van der Waals surface area contributed by atoms with E-state index in [0.717, 1.165) is 19.0 Å². The van der Waals surface area contributed by atoms with Crippen molar-refractivity contribution < 1.29 is 24.5 Å². The molecular weight excluding hydrogens is 318 g/mol. The Bertz CT molecular complexity index is 737. The van der Waals surface area contributed by atoms with Crippen LogP contribution in [0.1, 0.15) is 33.7 Å². The van der Waals surface area contributed by atoms with Crippen LogP contribution in [0.5, 0.6) is 5.75 Å². The molecule has 0 aromatic carbocycles. The Hall–Kier alpha value is -2.55. The van der Waals surface area contributed by atoms with Gasteiger partial charge in [-0.1, -0.05) is 0 Å². The van der Waals surface area contributed by atoms with Gasteiger partial charge in [0, 0.05) is 33.0 Å². The van der Waals surface area contributed by atoms with E-state index in [1.807, 2.05) is 0 Å². The normalized spacial score (nSPS) is 18.6. The molecule has 1 aromatic rings. The van der Waals surface area contributed by atoms with Crippen LogP contribution in [0.15, 0.2) is 11.0 Å². The molecule has 2 aliphatic heterocycles. The molecule has 9 heteroatoms. The standard InChI is InChI=1S/C15H19N3O6/c1-16-8-17(6-9-2-4-24-5-3-9)14(21)11-13(20)12(19)10(15(22)23)7-18(11)16/h7,9,20H,2-6,8H2,1H3,(H,22,23). The number of carbonyl (C=O) groups is 2. The summed E-state index contributed by atoms with van der Waals surface area (Å²) in [5.74, 6) is -2.46. The number of amides is 1. The number of carboxylic acid groups (broad SMARTS) is 1. The number of carboxylic acids is 1. The van der Waals surface area contributed by atoms with E-state index in [1.165, 1.54) is 4.68 Å². The minimum atomic E-state index is -1.45. The summed E-state index contributed by atoms with van der Waals surface area (Å²) in [4.78, 5) is 37.4. The molecule has 0 unspecified atom stereocenters. The van der Waals surface area contributed by atoms with E-state index in [9.17, 15) is 19.5 Å². The summed E-state index contributed by atoms with van der Waals surface area (Å²) in [6, 6.07) is 0. The Balaban J connectivity index is 1.95. The second-order valence-electron chi connectivity index (χ2n) is 6.10. The fourth-order valence-corrected chi connectivity index (χ4v) is 3.12. The van der Waals surface area contributed by atoms with Crippen LogP contribution in [0, 0.1) is 5.92 Å². The molecule has 0 saturated carbocycles. The van der Waals surface area contributed by atoms with Crippen LogP contribution in [-0.4, -0.2) is 65.1 Å². The predicted octanol–water partition coefficient (Wildman–Crippen LogP) is -0.340. The number of pyridine rings is 1. The van der Waals surface area contributed by atoms with Gasteiger partial charge in [0.05, 0.1) is 0 Å². The molecular formula is C15H19N3O6. The van der Waals surface area contributed by atoms with Crippen molar-refractivity contribution in [3.8, 4) is 5.75 Å². The molecule has 1 saturated heterocycles. The number of fused-ring (bicyclic) bond motifs is 1. The summed E-state index contributed by atoms with van der Waals surface area (Å²) in [6.45, 7) is 2.06. The van der Waals surface area contributed by atoms with Crippen molar-refractivity contribution in [2.24, 2.45) is 5.92 Å². The summed E-state index contributed by atoms with van der Waals surface area (Å²) < 4.78 is 6.53. The molecule has 0 bridgehead atoms. The maximum Gasteiger partial charge on any atom is 0.341 e. The zero-order valence-corrected chi connectivity index (χ0v) is 13.3. The average Bonchev–Trinajstić information content (AvgIpc) is 2.55. The van der Waals surface area contributed by atoms with E-state index in [0.29, 0.717) is 25.7 Å². The number of hydrogen-bond acceptors (Lipinski definition) is 6. The number of aromatic nitrogens is 1. The summed E-state index contributed by atoms with van der Waals surface area (Å²) in [7, 11) is 1.66. The van der Waals surface area contributed by atoms with Gasteiger partial charge in [-0.2, -0.15) is 0 Å². The SMILES string of the molecule is CN1CN(CC2CCOCC2)C(=O)c2c(O)c(=O)c(C(=O)O)cn21. The molecule has 2 N–H and O–H groups in total. The maximum atomic E-state index is 12.7. The molecule has 3 heterocycles. The van der Waals surface area contributed by atoms with Crippen molar-refractivity contribution in [3.05, 3.63) is 27.7 Å². The smallest absolute Gasteiger partial charge is 0.341 e. The summed E-state index contributed by atoms with van der Waals surface area (Å²) >= 11 is 0. The van der Waals surface area contributed by atoms with Gasteiger partial charge in [0.15, 0.2) is 11.4 Å². The Kier molecular flexibility index (Phi) is 4.18. The molecule has 1 fully saturated rings. The van der Waals surface area contributed by atoms with E-state index in [2.05, 4.69) is 0 Å². The van der Waals surface area contributed by atoms with Crippen molar-refractivity contribution in [1.29, 1.82) is 0 Å². The van der Waals surface area contributed by atoms with Gasteiger partial charge < -0.3 is 19.8 Å². The van der Waals surface area contributed by atoms with Crippen LogP contribution in [0.25, 0.3) is 0 Å². The highest BCUT2D eigenvalue weighted by Gasteiger charge is 2.34. The first kappa shape index (κ1) is 16.3. The third-order valence-corrected chi connectivity index (χ3v) is 4.45. The van der Waals surface area contributed by atoms with Crippen molar-refractivity contribution in [2.45, 2.75) is 12.8 Å². The van der Waals surface area contributed by atoms with Crippen molar-refractivity contribution in [2.75, 3.05) is 38.5 Å². The zero-order chi connectivity index (χ0) is 17.4. The van der Waals surface area contributed by atoms with Crippen molar-refractivity contribution >= 4 is 11.9 Å². The number of aromatic carboxylic acids is 1. The van der Waals surface area contributed by atoms with Crippen LogP contribution in [0.4, 0.5) is 0 Å². The summed E-state index contributed by atoms with van der Waals surface area (Å²) in [6.07, 6.45) is 2.78. The van der Waals surface area contributed by atoms with E-state index < -0.39 is 28.6 Å². The fourth-order valence-electron chi connectivity index (χ4n) is 3.12. The first-order chi connectivity index (χ1) is 11.4. The van der Waals surface area contributed by atoms with Gasteiger partial charge in [-0.25, -0.2) is 4.79 Å². The molecule has 130 valence electrons. The monoisotopic (exact) mass is 337 g/mol. The third kappa shape index (κ3) is 2.71. The largest absolute Gasteiger partial charge is 0.502 e. The number of nitrogens with zero attached hydrogens (tertiary/aromatic N) is 3. The first-order valence-electron chi connectivity index (χ1n) is 7.70. The molecule has 0 aliphatic carbocycles. The van der Waals surface area contributed by atoms with E-state index in [4.69, 9.17) is 9.84 Å². The van der Waals surface area contributed by atoms with Crippen LogP contribution >= 0.6 is 0 Å². The van der Waals surface area contributed by atoms with Crippen molar-refractivity contribution in [1.82, 2.24) is 9.58 Å². The van der Waals surface area contributed by atoms with E-state index in [-0.39, 0.29) is 12.4 Å². The summed E-state index contributed by atoms with van der Waals surface area (Å²) in [5, 5.41) is 20.7. The minimum absolute atomic E-state index is 0.203. The Labute approximate surface area is 137 Å². The fraction of sp³-hybridized carbons (Fsp3) is 0.533. The molecule has 0 spiro atoms. The first-order valence-corrected chi connectivity index (χ1v) is 7.70. The molecule has 3 rings (SSSR count). The molecule has 2 aliphatic rings. The lowest BCUT2D eigenvalue weighted by molar-refractivity contribution is 0.0419. The zero-order valence-electron chi connectivity index (χ0n) is 13.3. The Morgan fingerprint density at radius 2 is 2.00 bits per heavy atom. The average molecular weight is 337 g/mol. The highest BCUT2D eigenvalue weighted by atomic mass is 16.5. The molecule has 0 atom stereocenters. The van der Waals surface area contributed by atoms with Crippen LogP contribution in [0.2, 0.25) is 0 Å². The Morgan fingerprint density at radius 1 is 1.33 bits per heavy atom. The highest BCUT2D eigenvalue weighted by molar-refractivity contribution is 5.97. The van der Waals surface area contributed by atoms with Gasteiger partial charge in [0.25, 0.3) is 5.91 Å². The van der Waals surface area contributed by atoms with Gasteiger partial charge in [-0.05, 0) is 18.8 Å². The quantitative estimate of drug-likeness (QED) is 0.776. The number of hydrogen-bond donors (Lipinski definition) is 2. The molecule has 0 radical (unpaired) electrons. The number of aromatic hydroxyl groups is 1. The van der Waals surface area contributed by atoms with Crippen LogP contribution in [-0.2, 0) is 4.74 Å². The Morgan fingerprint density at radius 3 is 2.62 bits per heavy atom. The maximum absolute atomic E-state index is 12.7. The lowest BCUT2D eigenvalue weighted by atomic mass is 9.99. The van der Waals surface area contributed by atoms with Gasteiger partial charge >= 0.3 is 5.97 Å². The lowest BCUT2D eigenvalue weighted by Crippen LogP contribution is -2.54. The second-order valence-corrected chi connectivity index (χ2v) is 6.10. The topological polar surface area (TPSA) is 112 Å². The number of rotatable bonds is 3. The van der Waals surface area contributed by atoms with Gasteiger partial charge in [-0.15, -0.1) is 0 Å². The summed E-state index contributed by atoms with van der Waals surface area (Å²) in [5.41, 5.74) is -1.83. The molecule has 24 heavy (non-hydrogen) atoms. The van der Waals surface area contributed by atoms with E-state index in [1.54, 1.807) is 17.0 Å². The van der Waals surface area contributed by atoms with Crippen LogP contribution < -0.4 is 10.4 Å². The highest BCUT2D eigenvalue weighted by Crippen LogP contribution is 2.23. The molecule has 9 nitrogen and oxygen atoms in total. The van der Waals surface area contributed by atoms with Gasteiger partial charge in [0.2, 0.25) is 5.43 Å². The molecule has 1 aromatic heterocycles. The second kappa shape index (κ2) is 6.16. The van der Waals surface area contributed by atoms with Gasteiger partial charge in [0.1, 0.15) is 12.2 Å². The van der Waals surface area contributed by atoms with E-state index >= 15 is 0 Å². The van der Waals surface area contributed by atoms with Crippen LogP contribution in [0.3, 0.4) is 0 Å². The third-order valence-electron chi connectivity index (χ3n) is 4.45. The predicted molar refractivity (Wildman–Crippen MR) is 82.9 cm³/mol.